The highest BCUT2D eigenvalue weighted by molar-refractivity contribution is 5.31. The lowest BCUT2D eigenvalue weighted by molar-refractivity contribution is 0.334. The number of allylic oxidation sites excluding steroid dienone is 1. The molecule has 1 aromatic rings. The Hall–Kier alpha value is -1.08. The van der Waals surface area contributed by atoms with Gasteiger partial charge in [-0.2, -0.15) is 0 Å². The van der Waals surface area contributed by atoms with Crippen LogP contribution in [0.15, 0.2) is 30.9 Å². The molecule has 0 N–H and O–H groups in total. The van der Waals surface area contributed by atoms with Crippen LogP contribution in [0.25, 0.3) is 0 Å². The van der Waals surface area contributed by atoms with Crippen molar-refractivity contribution in [3.05, 3.63) is 47.5 Å². The van der Waals surface area contributed by atoms with E-state index in [4.69, 9.17) is 0 Å². The van der Waals surface area contributed by atoms with E-state index in [2.05, 4.69) is 36.6 Å². The van der Waals surface area contributed by atoms with Gasteiger partial charge < -0.3 is 4.90 Å². The minimum atomic E-state index is 1.08. The van der Waals surface area contributed by atoms with Crippen LogP contribution in [0.5, 0.6) is 0 Å². The molecule has 104 valence electrons. The zero-order chi connectivity index (χ0) is 13.5. The number of rotatable bonds is 7. The SMILES string of the molecule is C=CCCc1cc(CCCN2CCCC2)ccc1C. The molecule has 1 aliphatic rings. The maximum absolute atomic E-state index is 3.82. The number of nitrogens with zero attached hydrogens (tertiary/aromatic N) is 1. The topological polar surface area (TPSA) is 3.24 Å². The van der Waals surface area contributed by atoms with E-state index in [1.165, 1.54) is 62.0 Å². The quantitative estimate of drug-likeness (QED) is 0.664. The first kappa shape index (κ1) is 14.3. The Morgan fingerprint density at radius 1 is 1.21 bits per heavy atom. The summed E-state index contributed by atoms with van der Waals surface area (Å²) in [5, 5.41) is 0. The number of hydrogen-bond acceptors (Lipinski definition) is 1. The summed E-state index contributed by atoms with van der Waals surface area (Å²) in [5.74, 6) is 0. The van der Waals surface area contributed by atoms with Crippen LogP contribution >= 0.6 is 0 Å². The van der Waals surface area contributed by atoms with E-state index in [1.54, 1.807) is 0 Å². The lowest BCUT2D eigenvalue weighted by Gasteiger charge is -2.14. The Labute approximate surface area is 118 Å². The maximum atomic E-state index is 3.82. The van der Waals surface area contributed by atoms with Crippen LogP contribution < -0.4 is 0 Å². The molecule has 1 saturated heterocycles. The van der Waals surface area contributed by atoms with Crippen LogP contribution in [-0.4, -0.2) is 24.5 Å². The largest absolute Gasteiger partial charge is 0.303 e. The molecule has 0 saturated carbocycles. The molecule has 2 rings (SSSR count). The molecule has 0 spiro atoms. The monoisotopic (exact) mass is 257 g/mol. The van der Waals surface area contributed by atoms with E-state index in [0.717, 1.165) is 12.8 Å². The van der Waals surface area contributed by atoms with Crippen LogP contribution in [0.4, 0.5) is 0 Å². The third-order valence-corrected chi connectivity index (χ3v) is 4.17. The lowest BCUT2D eigenvalue weighted by atomic mass is 9.99. The molecule has 1 nitrogen and oxygen atoms in total. The third-order valence-electron chi connectivity index (χ3n) is 4.17. The molecule has 19 heavy (non-hydrogen) atoms. The summed E-state index contributed by atoms with van der Waals surface area (Å²) >= 11 is 0. The lowest BCUT2D eigenvalue weighted by Crippen LogP contribution is -2.20. The fraction of sp³-hybridized carbons (Fsp3) is 0.556. The van der Waals surface area contributed by atoms with Gasteiger partial charge in [0.1, 0.15) is 0 Å². The van der Waals surface area contributed by atoms with Crippen molar-refractivity contribution in [2.45, 2.75) is 45.4 Å². The molecule has 0 aliphatic carbocycles. The van der Waals surface area contributed by atoms with Crippen molar-refractivity contribution in [2.75, 3.05) is 19.6 Å². The predicted molar refractivity (Wildman–Crippen MR) is 83.7 cm³/mol. The average Bonchev–Trinajstić information content (AvgIpc) is 2.92. The molecule has 1 fully saturated rings. The number of benzene rings is 1. The zero-order valence-corrected chi connectivity index (χ0v) is 12.3. The minimum Gasteiger partial charge on any atom is -0.303 e. The van der Waals surface area contributed by atoms with E-state index < -0.39 is 0 Å². The van der Waals surface area contributed by atoms with Gasteiger partial charge in [0, 0.05) is 0 Å². The van der Waals surface area contributed by atoms with Gasteiger partial charge in [0.15, 0.2) is 0 Å². The van der Waals surface area contributed by atoms with Crippen LogP contribution in [0.1, 0.15) is 42.4 Å². The summed E-state index contributed by atoms with van der Waals surface area (Å²) in [6, 6.07) is 6.99. The first-order chi connectivity index (χ1) is 9.29. The molecular formula is C18H27N. The Balaban J connectivity index is 1.83. The fourth-order valence-corrected chi connectivity index (χ4v) is 2.92. The molecule has 0 atom stereocenters. The molecule has 1 heteroatoms. The molecule has 0 radical (unpaired) electrons. The zero-order valence-electron chi connectivity index (χ0n) is 12.3. The van der Waals surface area contributed by atoms with Gasteiger partial charge in [-0.25, -0.2) is 0 Å². The van der Waals surface area contributed by atoms with Crippen molar-refractivity contribution in [2.24, 2.45) is 0 Å². The van der Waals surface area contributed by atoms with Crippen molar-refractivity contribution in [1.82, 2.24) is 4.90 Å². The van der Waals surface area contributed by atoms with E-state index in [-0.39, 0.29) is 0 Å². The molecule has 0 aromatic heterocycles. The fourth-order valence-electron chi connectivity index (χ4n) is 2.92. The van der Waals surface area contributed by atoms with Crippen LogP contribution in [-0.2, 0) is 12.8 Å². The van der Waals surface area contributed by atoms with Gasteiger partial charge in [-0.1, -0.05) is 24.3 Å². The van der Waals surface area contributed by atoms with E-state index in [0.29, 0.717) is 0 Å². The summed E-state index contributed by atoms with van der Waals surface area (Å²) in [4.78, 5) is 2.60. The van der Waals surface area contributed by atoms with Crippen LogP contribution in [0.2, 0.25) is 0 Å². The van der Waals surface area contributed by atoms with Crippen LogP contribution in [0.3, 0.4) is 0 Å². The Morgan fingerprint density at radius 3 is 2.74 bits per heavy atom. The second-order valence-corrected chi connectivity index (χ2v) is 5.74. The third kappa shape index (κ3) is 4.50. The minimum absolute atomic E-state index is 1.08. The van der Waals surface area contributed by atoms with Gasteiger partial charge >= 0.3 is 0 Å². The highest BCUT2D eigenvalue weighted by Crippen LogP contribution is 2.16. The molecule has 1 aliphatic heterocycles. The smallest absolute Gasteiger partial charge is 0.00156 e. The highest BCUT2D eigenvalue weighted by Gasteiger charge is 2.10. The summed E-state index contributed by atoms with van der Waals surface area (Å²) in [6.07, 6.45) is 9.54. The van der Waals surface area contributed by atoms with Crippen LogP contribution in [0, 0.1) is 6.92 Å². The Kier molecular flexibility index (Phi) is 5.65. The predicted octanol–water partition coefficient (Wildman–Crippen LogP) is 4.14. The number of hydrogen-bond donors (Lipinski definition) is 0. The second kappa shape index (κ2) is 7.49. The summed E-state index contributed by atoms with van der Waals surface area (Å²) in [5.41, 5.74) is 4.42. The molecule has 0 amide bonds. The Bertz CT molecular complexity index is 402. The first-order valence-corrected chi connectivity index (χ1v) is 7.71. The first-order valence-electron chi connectivity index (χ1n) is 7.71. The Morgan fingerprint density at radius 2 is 2.00 bits per heavy atom. The molecule has 0 bridgehead atoms. The van der Waals surface area contributed by atoms with E-state index >= 15 is 0 Å². The summed E-state index contributed by atoms with van der Waals surface area (Å²) < 4.78 is 0. The summed E-state index contributed by atoms with van der Waals surface area (Å²) in [7, 11) is 0. The molecule has 0 unspecified atom stereocenters. The average molecular weight is 257 g/mol. The van der Waals surface area contributed by atoms with Crippen molar-refractivity contribution in [3.63, 3.8) is 0 Å². The van der Waals surface area contributed by atoms with Gasteiger partial charge in [0.05, 0.1) is 0 Å². The van der Waals surface area contributed by atoms with Crippen molar-refractivity contribution >= 4 is 0 Å². The standard InChI is InChI=1S/C18H27N/c1-3-4-9-18-15-17(11-10-16(18)2)8-7-14-19-12-5-6-13-19/h3,10-11,15H,1,4-9,12-14H2,2H3. The summed E-state index contributed by atoms with van der Waals surface area (Å²) in [6.45, 7) is 9.94. The molecule has 1 aromatic carbocycles. The second-order valence-electron chi connectivity index (χ2n) is 5.74. The van der Waals surface area contributed by atoms with Gasteiger partial charge in [-0.3, -0.25) is 0 Å². The van der Waals surface area contributed by atoms with Gasteiger partial charge in [0.25, 0.3) is 0 Å². The van der Waals surface area contributed by atoms with Crippen molar-refractivity contribution in [1.29, 1.82) is 0 Å². The van der Waals surface area contributed by atoms with E-state index in [1.807, 2.05) is 6.08 Å². The normalized spacial score (nSPS) is 15.8. The van der Waals surface area contributed by atoms with E-state index in [9.17, 15) is 0 Å². The molecular weight excluding hydrogens is 230 g/mol. The van der Waals surface area contributed by atoms with Crippen molar-refractivity contribution < 1.29 is 0 Å². The van der Waals surface area contributed by atoms with Gasteiger partial charge in [-0.15, -0.1) is 6.58 Å². The van der Waals surface area contributed by atoms with Gasteiger partial charge in [0.2, 0.25) is 0 Å². The molecule has 1 heterocycles. The highest BCUT2D eigenvalue weighted by atomic mass is 15.1. The van der Waals surface area contributed by atoms with Gasteiger partial charge in [-0.05, 0) is 81.8 Å². The maximum Gasteiger partial charge on any atom is -0.00156 e. The number of likely N-dealkylation sites (tertiary alicyclic amines) is 1. The number of aryl methyl sites for hydroxylation is 3. The van der Waals surface area contributed by atoms with Crippen molar-refractivity contribution in [3.8, 4) is 0 Å².